The lowest BCUT2D eigenvalue weighted by Crippen LogP contribution is -2.25. The Labute approximate surface area is 169 Å². The van der Waals surface area contributed by atoms with Crippen LogP contribution >= 0.6 is 0 Å². The molecule has 0 saturated carbocycles. The van der Waals surface area contributed by atoms with E-state index >= 15 is 0 Å². The van der Waals surface area contributed by atoms with E-state index in [1.165, 1.54) is 10.9 Å². The van der Waals surface area contributed by atoms with Crippen LogP contribution in [0.25, 0.3) is 16.6 Å². The van der Waals surface area contributed by atoms with Crippen LogP contribution in [0.15, 0.2) is 55.0 Å². The van der Waals surface area contributed by atoms with Crippen molar-refractivity contribution in [2.45, 2.75) is 20.3 Å². The molecule has 4 aromatic rings. The molecule has 2 N–H and O–H groups in total. The van der Waals surface area contributed by atoms with Crippen molar-refractivity contribution in [2.75, 3.05) is 13.7 Å². The second kappa shape index (κ2) is 7.83. The summed E-state index contributed by atoms with van der Waals surface area (Å²) in [5.41, 5.74) is 5.84. The van der Waals surface area contributed by atoms with Gasteiger partial charge in [-0.2, -0.15) is 0 Å². The lowest BCUT2D eigenvalue weighted by Gasteiger charge is -2.11. The molecule has 6 heteroatoms. The number of para-hydroxylation sites is 1. The number of ether oxygens (including phenoxy) is 1. The molecule has 0 aliphatic rings. The molecular formula is C23H24N4O2. The second-order valence-electron chi connectivity index (χ2n) is 7.09. The van der Waals surface area contributed by atoms with Crippen LogP contribution in [-0.2, 0) is 6.42 Å². The summed E-state index contributed by atoms with van der Waals surface area (Å²) in [6.07, 6.45) is 4.42. The number of nitrogens with zero attached hydrogens (tertiary/aromatic N) is 2. The molecule has 0 saturated heterocycles. The highest BCUT2D eigenvalue weighted by molar-refractivity contribution is 5.95. The number of aryl methyl sites for hydroxylation is 2. The van der Waals surface area contributed by atoms with Crippen LogP contribution in [-0.4, -0.2) is 34.1 Å². The van der Waals surface area contributed by atoms with Gasteiger partial charge in [0, 0.05) is 34.9 Å². The average molecular weight is 388 g/mol. The van der Waals surface area contributed by atoms with Crippen molar-refractivity contribution in [1.29, 1.82) is 0 Å². The van der Waals surface area contributed by atoms with Crippen molar-refractivity contribution < 1.29 is 9.53 Å². The first-order chi connectivity index (χ1) is 14.1. The number of rotatable bonds is 6. The topological polar surface area (TPSA) is 71.9 Å². The van der Waals surface area contributed by atoms with Gasteiger partial charge >= 0.3 is 0 Å². The van der Waals surface area contributed by atoms with Crippen molar-refractivity contribution in [2.24, 2.45) is 0 Å². The van der Waals surface area contributed by atoms with Gasteiger partial charge in [0.2, 0.25) is 0 Å². The maximum absolute atomic E-state index is 12.6. The first-order valence-electron chi connectivity index (χ1n) is 9.60. The normalized spacial score (nSPS) is 11.0. The van der Waals surface area contributed by atoms with Crippen LogP contribution in [0.3, 0.4) is 0 Å². The zero-order chi connectivity index (χ0) is 20.4. The van der Waals surface area contributed by atoms with Gasteiger partial charge in [0.05, 0.1) is 24.8 Å². The molecule has 0 spiro atoms. The van der Waals surface area contributed by atoms with Crippen molar-refractivity contribution in [3.8, 4) is 11.4 Å². The first kappa shape index (κ1) is 18.8. The van der Waals surface area contributed by atoms with E-state index in [1.54, 1.807) is 25.6 Å². The summed E-state index contributed by atoms with van der Waals surface area (Å²) >= 11 is 0. The van der Waals surface area contributed by atoms with Crippen LogP contribution in [0.2, 0.25) is 0 Å². The van der Waals surface area contributed by atoms with Crippen LogP contribution in [0.1, 0.15) is 27.3 Å². The van der Waals surface area contributed by atoms with E-state index in [2.05, 4.69) is 34.3 Å². The fourth-order valence-electron chi connectivity index (χ4n) is 3.65. The minimum absolute atomic E-state index is 0.117. The highest BCUT2D eigenvalue weighted by Crippen LogP contribution is 2.25. The van der Waals surface area contributed by atoms with E-state index in [0.717, 1.165) is 29.0 Å². The largest absolute Gasteiger partial charge is 0.495 e. The van der Waals surface area contributed by atoms with Crippen molar-refractivity contribution in [1.82, 2.24) is 19.9 Å². The summed E-state index contributed by atoms with van der Waals surface area (Å²) in [4.78, 5) is 20.3. The molecule has 0 aliphatic carbocycles. The number of H-pyrrole nitrogens is 1. The fourth-order valence-corrected chi connectivity index (χ4v) is 3.65. The van der Waals surface area contributed by atoms with Gasteiger partial charge in [-0.15, -0.1) is 0 Å². The molecular weight excluding hydrogens is 364 g/mol. The molecule has 0 fully saturated rings. The minimum Gasteiger partial charge on any atom is -0.495 e. The third-order valence-electron chi connectivity index (χ3n) is 5.12. The zero-order valence-electron chi connectivity index (χ0n) is 16.8. The highest BCUT2D eigenvalue weighted by Gasteiger charge is 2.13. The molecule has 6 nitrogen and oxygen atoms in total. The molecule has 0 unspecified atom stereocenters. The Hall–Kier alpha value is -3.54. The van der Waals surface area contributed by atoms with Crippen LogP contribution < -0.4 is 10.1 Å². The maximum Gasteiger partial charge on any atom is 0.251 e. The van der Waals surface area contributed by atoms with Gasteiger partial charge < -0.3 is 19.6 Å². The summed E-state index contributed by atoms with van der Waals surface area (Å²) in [5.74, 6) is 0.511. The molecule has 2 aromatic carbocycles. The predicted octanol–water partition coefficient (Wildman–Crippen LogP) is 3.95. The summed E-state index contributed by atoms with van der Waals surface area (Å²) in [6.45, 7) is 4.56. The first-order valence-corrected chi connectivity index (χ1v) is 9.60. The summed E-state index contributed by atoms with van der Waals surface area (Å²) in [7, 11) is 1.60. The standard InChI is InChI=1S/C23H24N4O2/c1-15-13-27(14-25-15)21-9-8-17(12-22(21)29-3)23(28)24-11-10-18-16(2)26-20-7-5-4-6-19(18)20/h4-9,12-14,26H,10-11H2,1-3H3,(H,24,28). The molecule has 29 heavy (non-hydrogen) atoms. The molecule has 1 amide bonds. The van der Waals surface area contributed by atoms with E-state index < -0.39 is 0 Å². The molecule has 0 atom stereocenters. The number of aromatic nitrogens is 3. The Balaban J connectivity index is 1.46. The van der Waals surface area contributed by atoms with Gasteiger partial charge in [-0.1, -0.05) is 18.2 Å². The van der Waals surface area contributed by atoms with Crippen molar-refractivity contribution in [3.63, 3.8) is 0 Å². The van der Waals surface area contributed by atoms with Crippen LogP contribution in [0.4, 0.5) is 0 Å². The number of aromatic amines is 1. The number of hydrogen-bond donors (Lipinski definition) is 2. The molecule has 4 rings (SSSR count). The van der Waals surface area contributed by atoms with E-state index in [1.807, 2.05) is 35.9 Å². The number of nitrogens with one attached hydrogen (secondary N) is 2. The lowest BCUT2D eigenvalue weighted by molar-refractivity contribution is 0.0954. The lowest BCUT2D eigenvalue weighted by atomic mass is 10.1. The molecule has 0 radical (unpaired) electrons. The number of fused-ring (bicyclic) bond motifs is 1. The Morgan fingerprint density at radius 1 is 1.21 bits per heavy atom. The predicted molar refractivity (Wildman–Crippen MR) is 114 cm³/mol. The Bertz CT molecular complexity index is 1170. The monoisotopic (exact) mass is 388 g/mol. The highest BCUT2D eigenvalue weighted by atomic mass is 16.5. The number of hydrogen-bond acceptors (Lipinski definition) is 3. The smallest absolute Gasteiger partial charge is 0.251 e. The maximum atomic E-state index is 12.6. The number of amides is 1. The Kier molecular flexibility index (Phi) is 5.08. The van der Waals surface area contributed by atoms with E-state index in [4.69, 9.17) is 4.74 Å². The Morgan fingerprint density at radius 2 is 2.03 bits per heavy atom. The molecule has 2 aromatic heterocycles. The van der Waals surface area contributed by atoms with Crippen LogP contribution in [0, 0.1) is 13.8 Å². The van der Waals surface area contributed by atoms with Gasteiger partial charge in [-0.3, -0.25) is 4.79 Å². The number of carbonyl (C=O) groups excluding carboxylic acids is 1. The quantitative estimate of drug-likeness (QED) is 0.525. The zero-order valence-corrected chi connectivity index (χ0v) is 16.8. The number of carbonyl (C=O) groups is 1. The van der Waals surface area contributed by atoms with Gasteiger partial charge in [0.25, 0.3) is 5.91 Å². The second-order valence-corrected chi connectivity index (χ2v) is 7.09. The summed E-state index contributed by atoms with van der Waals surface area (Å²) in [5, 5.41) is 4.23. The number of benzene rings is 2. The number of methoxy groups -OCH3 is 1. The van der Waals surface area contributed by atoms with Gasteiger partial charge in [0.1, 0.15) is 5.75 Å². The van der Waals surface area contributed by atoms with Gasteiger partial charge in [-0.05, 0) is 50.1 Å². The SMILES string of the molecule is COc1cc(C(=O)NCCc2c(C)[nH]c3ccccc23)ccc1-n1cnc(C)c1. The minimum atomic E-state index is -0.117. The summed E-state index contributed by atoms with van der Waals surface area (Å²) in [6, 6.07) is 13.7. The van der Waals surface area contributed by atoms with Crippen LogP contribution in [0.5, 0.6) is 5.75 Å². The Morgan fingerprint density at radius 3 is 2.79 bits per heavy atom. The van der Waals surface area contributed by atoms with Gasteiger partial charge in [0.15, 0.2) is 0 Å². The third-order valence-corrected chi connectivity index (χ3v) is 5.12. The summed E-state index contributed by atoms with van der Waals surface area (Å²) < 4.78 is 7.38. The van der Waals surface area contributed by atoms with Gasteiger partial charge in [-0.25, -0.2) is 4.98 Å². The van der Waals surface area contributed by atoms with E-state index in [-0.39, 0.29) is 5.91 Å². The third kappa shape index (κ3) is 3.74. The molecule has 2 heterocycles. The number of imidazole rings is 1. The average Bonchev–Trinajstić information content (AvgIpc) is 3.30. The molecule has 0 bridgehead atoms. The van der Waals surface area contributed by atoms with E-state index in [9.17, 15) is 4.79 Å². The van der Waals surface area contributed by atoms with Crippen molar-refractivity contribution >= 4 is 16.8 Å². The molecule has 148 valence electrons. The van der Waals surface area contributed by atoms with Crippen molar-refractivity contribution in [3.05, 3.63) is 77.5 Å². The van der Waals surface area contributed by atoms with E-state index in [0.29, 0.717) is 17.9 Å². The molecule has 0 aliphatic heterocycles. The fraction of sp³-hybridized carbons (Fsp3) is 0.217.